The lowest BCUT2D eigenvalue weighted by molar-refractivity contribution is -0.123. The van der Waals surface area contributed by atoms with E-state index in [1.54, 1.807) is 18.2 Å². The largest absolute Gasteiger partial charge is 0.352 e. The molecule has 4 heteroatoms. The Kier molecular flexibility index (Phi) is 6.64. The van der Waals surface area contributed by atoms with Crippen molar-refractivity contribution >= 4 is 11.6 Å². The van der Waals surface area contributed by atoms with Gasteiger partial charge in [-0.3, -0.25) is 9.59 Å². The van der Waals surface area contributed by atoms with Gasteiger partial charge in [-0.15, -0.1) is 0 Å². The second kappa shape index (κ2) is 9.36. The van der Waals surface area contributed by atoms with Crippen LogP contribution in [0.5, 0.6) is 0 Å². The number of nitrogens with one attached hydrogen (secondary N) is 1. The number of nitrogens with zero attached hydrogens (tertiary/aromatic N) is 1. The van der Waals surface area contributed by atoms with Gasteiger partial charge in [0.1, 0.15) is 6.04 Å². The average molecular weight is 364 g/mol. The van der Waals surface area contributed by atoms with Gasteiger partial charge in [-0.1, -0.05) is 67.8 Å². The van der Waals surface area contributed by atoms with Crippen molar-refractivity contribution in [1.82, 2.24) is 5.32 Å². The molecule has 0 radical (unpaired) electrons. The molecule has 0 bridgehead atoms. The molecule has 0 spiro atoms. The number of carbonyl (C=O) groups excluding carboxylic acids is 1. The molecule has 27 heavy (non-hydrogen) atoms. The highest BCUT2D eigenvalue weighted by molar-refractivity contribution is 5.85. The second-order valence-corrected chi connectivity index (χ2v) is 7.29. The summed E-state index contributed by atoms with van der Waals surface area (Å²) in [5, 5.41) is 3.20. The molecule has 1 amide bonds. The SMILES string of the molecule is CC(C(=O)NC1CCCCC1)N(Cc1ccccc1)c1cccccc1=O. The topological polar surface area (TPSA) is 49.4 Å². The van der Waals surface area contributed by atoms with Crippen LogP contribution in [0.1, 0.15) is 44.6 Å². The van der Waals surface area contributed by atoms with Crippen molar-refractivity contribution in [1.29, 1.82) is 0 Å². The van der Waals surface area contributed by atoms with Crippen LogP contribution in [0.3, 0.4) is 0 Å². The third-order valence-corrected chi connectivity index (χ3v) is 5.28. The summed E-state index contributed by atoms with van der Waals surface area (Å²) in [6.07, 6.45) is 5.69. The summed E-state index contributed by atoms with van der Waals surface area (Å²) in [6, 6.07) is 18.6. The summed E-state index contributed by atoms with van der Waals surface area (Å²) in [6.45, 7) is 2.40. The molecule has 2 aromatic carbocycles. The first-order valence-corrected chi connectivity index (χ1v) is 9.85. The highest BCUT2D eigenvalue weighted by atomic mass is 16.2. The fourth-order valence-electron chi connectivity index (χ4n) is 3.68. The van der Waals surface area contributed by atoms with E-state index in [0.29, 0.717) is 12.2 Å². The average Bonchev–Trinajstić information content (AvgIpc) is 2.91. The van der Waals surface area contributed by atoms with E-state index in [2.05, 4.69) is 5.32 Å². The molecular weight excluding hydrogens is 336 g/mol. The van der Waals surface area contributed by atoms with Gasteiger partial charge in [0.25, 0.3) is 0 Å². The summed E-state index contributed by atoms with van der Waals surface area (Å²) >= 11 is 0. The van der Waals surface area contributed by atoms with Crippen LogP contribution in [0.25, 0.3) is 0 Å². The zero-order valence-electron chi connectivity index (χ0n) is 15.9. The molecule has 2 aromatic rings. The van der Waals surface area contributed by atoms with Crippen LogP contribution >= 0.6 is 0 Å². The smallest absolute Gasteiger partial charge is 0.242 e. The number of hydrogen-bond donors (Lipinski definition) is 1. The third kappa shape index (κ3) is 5.19. The van der Waals surface area contributed by atoms with Gasteiger partial charge in [0, 0.05) is 12.6 Å². The Morgan fingerprint density at radius 2 is 1.63 bits per heavy atom. The molecule has 0 saturated heterocycles. The zero-order valence-corrected chi connectivity index (χ0v) is 15.9. The van der Waals surface area contributed by atoms with Crippen LogP contribution in [-0.2, 0) is 11.3 Å². The monoisotopic (exact) mass is 364 g/mol. The van der Waals surface area contributed by atoms with Crippen LogP contribution < -0.4 is 15.6 Å². The van der Waals surface area contributed by atoms with Crippen LogP contribution in [0.2, 0.25) is 0 Å². The molecule has 3 rings (SSSR count). The van der Waals surface area contributed by atoms with E-state index in [1.807, 2.05) is 54.3 Å². The number of amides is 1. The van der Waals surface area contributed by atoms with Crippen molar-refractivity contribution in [2.45, 2.75) is 57.7 Å². The Bertz CT molecular complexity index is 801. The predicted octanol–water partition coefficient (Wildman–Crippen LogP) is 3.89. The number of hydrogen-bond acceptors (Lipinski definition) is 3. The minimum absolute atomic E-state index is 0.0104. The van der Waals surface area contributed by atoms with Crippen LogP contribution in [0.4, 0.5) is 5.69 Å². The summed E-state index contributed by atoms with van der Waals surface area (Å²) in [4.78, 5) is 27.5. The molecule has 142 valence electrons. The van der Waals surface area contributed by atoms with Crippen molar-refractivity contribution in [3.05, 3.63) is 76.5 Å². The normalized spacial score (nSPS) is 15.7. The quantitative estimate of drug-likeness (QED) is 0.846. The Labute approximate surface area is 161 Å². The van der Waals surface area contributed by atoms with Gasteiger partial charge in [0.05, 0.1) is 5.69 Å². The molecule has 1 fully saturated rings. The first-order valence-electron chi connectivity index (χ1n) is 9.85. The maximum absolute atomic E-state index is 13.0. The molecule has 1 unspecified atom stereocenters. The first kappa shape index (κ1) is 19.2. The molecule has 0 aliphatic heterocycles. The number of benzene rings is 1. The molecule has 1 N–H and O–H groups in total. The molecule has 1 saturated carbocycles. The molecule has 4 nitrogen and oxygen atoms in total. The maximum atomic E-state index is 13.0. The number of anilines is 1. The molecule has 1 aliphatic rings. The number of carbonyl (C=O) groups is 1. The minimum atomic E-state index is -0.428. The van der Waals surface area contributed by atoms with Crippen molar-refractivity contribution in [3.8, 4) is 0 Å². The van der Waals surface area contributed by atoms with Gasteiger partial charge in [-0.2, -0.15) is 0 Å². The van der Waals surface area contributed by atoms with E-state index >= 15 is 0 Å². The lowest BCUT2D eigenvalue weighted by Crippen LogP contribution is -2.49. The van der Waals surface area contributed by atoms with Crippen molar-refractivity contribution in [2.24, 2.45) is 0 Å². The van der Waals surface area contributed by atoms with Crippen molar-refractivity contribution in [3.63, 3.8) is 0 Å². The van der Waals surface area contributed by atoms with Gasteiger partial charge in [0.15, 0.2) is 0 Å². The molecule has 1 aliphatic carbocycles. The van der Waals surface area contributed by atoms with E-state index in [9.17, 15) is 9.59 Å². The van der Waals surface area contributed by atoms with Gasteiger partial charge >= 0.3 is 0 Å². The Morgan fingerprint density at radius 1 is 1.00 bits per heavy atom. The Balaban J connectivity index is 1.85. The van der Waals surface area contributed by atoms with Crippen LogP contribution in [0.15, 0.2) is 65.5 Å². The first-order chi connectivity index (χ1) is 13.1. The summed E-state index contributed by atoms with van der Waals surface area (Å²) in [7, 11) is 0. The van der Waals surface area contributed by atoms with Gasteiger partial charge in [0.2, 0.25) is 11.3 Å². The van der Waals surface area contributed by atoms with Crippen LogP contribution in [-0.4, -0.2) is 18.0 Å². The Hall–Kier alpha value is -2.62. The third-order valence-electron chi connectivity index (χ3n) is 5.28. The highest BCUT2D eigenvalue weighted by Crippen LogP contribution is 2.20. The highest BCUT2D eigenvalue weighted by Gasteiger charge is 2.26. The number of rotatable bonds is 6. The zero-order chi connectivity index (χ0) is 19.1. The molecular formula is C23H28N2O2. The van der Waals surface area contributed by atoms with Gasteiger partial charge in [-0.05, 0) is 37.5 Å². The van der Waals surface area contributed by atoms with E-state index in [1.165, 1.54) is 19.3 Å². The van der Waals surface area contributed by atoms with E-state index in [4.69, 9.17) is 0 Å². The molecule has 0 heterocycles. The fraction of sp³-hybridized carbons (Fsp3) is 0.391. The van der Waals surface area contributed by atoms with Crippen LogP contribution in [0, 0.1) is 0 Å². The Morgan fingerprint density at radius 3 is 2.33 bits per heavy atom. The van der Waals surface area contributed by atoms with Crippen molar-refractivity contribution in [2.75, 3.05) is 4.90 Å². The van der Waals surface area contributed by atoms with E-state index in [0.717, 1.165) is 18.4 Å². The standard InChI is InChI=1S/C23H28N2O2/c1-18(23(27)24-20-13-7-3-8-14-20)25(17-19-11-5-2-6-12-19)21-15-9-4-10-16-22(21)26/h2,4-6,9-12,15-16,18,20H,3,7-8,13-14,17H2,1H3,(H,24,27). The summed E-state index contributed by atoms with van der Waals surface area (Å²) in [5.41, 5.74) is 1.55. The van der Waals surface area contributed by atoms with E-state index < -0.39 is 6.04 Å². The summed E-state index contributed by atoms with van der Waals surface area (Å²) in [5.74, 6) is -0.0104. The van der Waals surface area contributed by atoms with Gasteiger partial charge in [-0.25, -0.2) is 0 Å². The fourth-order valence-corrected chi connectivity index (χ4v) is 3.68. The van der Waals surface area contributed by atoms with E-state index in [-0.39, 0.29) is 17.4 Å². The minimum Gasteiger partial charge on any atom is -0.352 e. The molecule has 1 atom stereocenters. The lowest BCUT2D eigenvalue weighted by Gasteiger charge is -2.32. The molecule has 0 aromatic heterocycles. The van der Waals surface area contributed by atoms with Gasteiger partial charge < -0.3 is 10.2 Å². The second-order valence-electron chi connectivity index (χ2n) is 7.29. The maximum Gasteiger partial charge on any atom is 0.242 e. The van der Waals surface area contributed by atoms with Crippen molar-refractivity contribution < 1.29 is 4.79 Å². The summed E-state index contributed by atoms with van der Waals surface area (Å²) < 4.78 is 0. The lowest BCUT2D eigenvalue weighted by atomic mass is 9.95. The predicted molar refractivity (Wildman–Crippen MR) is 110 cm³/mol.